The van der Waals surface area contributed by atoms with Gasteiger partial charge >= 0.3 is 0 Å². The molecule has 3 N–H and O–H groups in total. The highest BCUT2D eigenvalue weighted by molar-refractivity contribution is 6.32. The molecule has 1 aliphatic rings. The molecule has 0 aliphatic heterocycles. The van der Waals surface area contributed by atoms with Gasteiger partial charge < -0.3 is 20.5 Å². The van der Waals surface area contributed by atoms with Crippen LogP contribution in [0.4, 0.5) is 0 Å². The van der Waals surface area contributed by atoms with Crippen LogP contribution in [-0.2, 0) is 9.59 Å². The topological polar surface area (TPSA) is 114 Å². The summed E-state index contributed by atoms with van der Waals surface area (Å²) in [5.41, 5.74) is 5.55. The van der Waals surface area contributed by atoms with Crippen LogP contribution in [0.5, 0.6) is 11.5 Å². The fourth-order valence-corrected chi connectivity index (χ4v) is 3.47. The largest absolute Gasteiger partial charge is 0.493 e. The SMILES string of the molecule is COc1cc(/C=C(\C#N)C(=O)N[C@H]2CCCC[C@@H]2C)cc(Cl)c1OCC(N)=O. The number of amides is 2. The number of carbonyl (C=O) groups is 2. The molecule has 1 aromatic carbocycles. The van der Waals surface area contributed by atoms with Crippen molar-refractivity contribution in [3.63, 3.8) is 0 Å². The Bertz CT molecular complexity index is 816. The number of nitriles is 1. The summed E-state index contributed by atoms with van der Waals surface area (Å²) in [4.78, 5) is 23.5. The van der Waals surface area contributed by atoms with Crippen molar-refractivity contribution in [2.75, 3.05) is 13.7 Å². The van der Waals surface area contributed by atoms with E-state index in [2.05, 4.69) is 12.2 Å². The number of carbonyl (C=O) groups excluding carboxylic acids is 2. The predicted molar refractivity (Wildman–Crippen MR) is 106 cm³/mol. The van der Waals surface area contributed by atoms with Gasteiger partial charge in [0, 0.05) is 6.04 Å². The van der Waals surface area contributed by atoms with Crippen LogP contribution in [0, 0.1) is 17.2 Å². The first-order valence-electron chi connectivity index (χ1n) is 9.07. The van der Waals surface area contributed by atoms with E-state index < -0.39 is 11.8 Å². The van der Waals surface area contributed by atoms with Crippen molar-refractivity contribution in [2.45, 2.75) is 38.6 Å². The Hall–Kier alpha value is -2.72. The number of primary amides is 1. The van der Waals surface area contributed by atoms with Gasteiger partial charge in [-0.3, -0.25) is 9.59 Å². The molecule has 2 amide bonds. The maximum absolute atomic E-state index is 12.5. The van der Waals surface area contributed by atoms with Crippen LogP contribution in [-0.4, -0.2) is 31.6 Å². The van der Waals surface area contributed by atoms with Crippen molar-refractivity contribution in [2.24, 2.45) is 11.7 Å². The molecule has 2 rings (SSSR count). The molecular weight excluding hydrogens is 382 g/mol. The van der Waals surface area contributed by atoms with E-state index in [1.807, 2.05) is 6.07 Å². The van der Waals surface area contributed by atoms with Crippen molar-refractivity contribution in [3.05, 3.63) is 28.3 Å². The normalized spacial score (nSPS) is 19.4. The maximum Gasteiger partial charge on any atom is 0.262 e. The fraction of sp³-hybridized carbons (Fsp3) is 0.450. The molecule has 1 aromatic rings. The Balaban J connectivity index is 2.23. The van der Waals surface area contributed by atoms with Gasteiger partial charge in [0.2, 0.25) is 0 Å². The van der Waals surface area contributed by atoms with Gasteiger partial charge in [0.05, 0.1) is 12.1 Å². The molecule has 2 atom stereocenters. The highest BCUT2D eigenvalue weighted by Gasteiger charge is 2.24. The van der Waals surface area contributed by atoms with Gasteiger partial charge in [0.1, 0.15) is 11.6 Å². The molecule has 0 radical (unpaired) electrons. The first-order chi connectivity index (χ1) is 13.3. The predicted octanol–water partition coefficient (Wildman–Crippen LogP) is 2.81. The van der Waals surface area contributed by atoms with E-state index in [0.29, 0.717) is 11.5 Å². The van der Waals surface area contributed by atoms with E-state index in [-0.39, 0.29) is 34.7 Å². The first-order valence-corrected chi connectivity index (χ1v) is 9.44. The Morgan fingerprint density at radius 3 is 2.71 bits per heavy atom. The van der Waals surface area contributed by atoms with Gasteiger partial charge in [0.15, 0.2) is 18.1 Å². The summed E-state index contributed by atoms with van der Waals surface area (Å²) < 4.78 is 10.5. The average molecular weight is 406 g/mol. The Morgan fingerprint density at radius 1 is 1.39 bits per heavy atom. The van der Waals surface area contributed by atoms with E-state index in [4.69, 9.17) is 26.8 Å². The molecule has 150 valence electrons. The molecule has 1 saturated carbocycles. The van der Waals surface area contributed by atoms with Crippen LogP contribution >= 0.6 is 11.6 Å². The van der Waals surface area contributed by atoms with Gasteiger partial charge in [0.25, 0.3) is 11.8 Å². The monoisotopic (exact) mass is 405 g/mol. The molecule has 0 aromatic heterocycles. The molecule has 28 heavy (non-hydrogen) atoms. The number of rotatable bonds is 7. The van der Waals surface area contributed by atoms with E-state index in [1.54, 1.807) is 6.07 Å². The third-order valence-electron chi connectivity index (χ3n) is 4.71. The number of hydrogen-bond acceptors (Lipinski definition) is 5. The second-order valence-electron chi connectivity index (χ2n) is 6.80. The molecule has 0 heterocycles. The highest BCUT2D eigenvalue weighted by atomic mass is 35.5. The zero-order chi connectivity index (χ0) is 20.7. The molecule has 0 saturated heterocycles. The van der Waals surface area contributed by atoms with Crippen molar-refractivity contribution < 1.29 is 19.1 Å². The summed E-state index contributed by atoms with van der Waals surface area (Å²) in [5, 5.41) is 12.6. The third kappa shape index (κ3) is 5.64. The smallest absolute Gasteiger partial charge is 0.262 e. The third-order valence-corrected chi connectivity index (χ3v) is 5.00. The van der Waals surface area contributed by atoms with Crippen LogP contribution in [0.25, 0.3) is 6.08 Å². The second-order valence-corrected chi connectivity index (χ2v) is 7.21. The molecular formula is C20H24ClN3O4. The van der Waals surface area contributed by atoms with Crippen molar-refractivity contribution in [1.82, 2.24) is 5.32 Å². The number of nitrogens with zero attached hydrogens (tertiary/aromatic N) is 1. The van der Waals surface area contributed by atoms with Gasteiger partial charge in [-0.05, 0) is 42.5 Å². The minimum Gasteiger partial charge on any atom is -0.493 e. The van der Waals surface area contributed by atoms with E-state index in [9.17, 15) is 14.9 Å². The van der Waals surface area contributed by atoms with Crippen molar-refractivity contribution in [1.29, 1.82) is 5.26 Å². The van der Waals surface area contributed by atoms with E-state index in [0.717, 1.165) is 25.7 Å². The highest BCUT2D eigenvalue weighted by Crippen LogP contribution is 2.37. The minimum absolute atomic E-state index is 0.0262. The van der Waals surface area contributed by atoms with Gasteiger partial charge in [-0.25, -0.2) is 0 Å². The van der Waals surface area contributed by atoms with Gasteiger partial charge in [-0.2, -0.15) is 5.26 Å². The quantitative estimate of drug-likeness (QED) is 0.534. The Labute approximate surface area is 169 Å². The Morgan fingerprint density at radius 2 is 2.11 bits per heavy atom. The van der Waals surface area contributed by atoms with E-state index >= 15 is 0 Å². The molecule has 1 aliphatic carbocycles. The summed E-state index contributed by atoms with van der Waals surface area (Å²) in [7, 11) is 1.42. The first kappa shape index (κ1) is 21.6. The zero-order valence-corrected chi connectivity index (χ0v) is 16.7. The lowest BCUT2D eigenvalue weighted by Crippen LogP contribution is -2.41. The lowest BCUT2D eigenvalue weighted by Gasteiger charge is -2.29. The van der Waals surface area contributed by atoms with Gasteiger partial charge in [-0.1, -0.05) is 31.4 Å². The summed E-state index contributed by atoms with van der Waals surface area (Å²) in [6.45, 7) is 1.76. The van der Waals surface area contributed by atoms with Crippen LogP contribution in [0.1, 0.15) is 38.2 Å². The average Bonchev–Trinajstić information content (AvgIpc) is 2.66. The number of benzene rings is 1. The summed E-state index contributed by atoms with van der Waals surface area (Å²) in [6.07, 6.45) is 5.65. The van der Waals surface area contributed by atoms with Crippen LogP contribution in [0.3, 0.4) is 0 Å². The Kier molecular flexibility index (Phi) is 7.70. The summed E-state index contributed by atoms with van der Waals surface area (Å²) in [5.74, 6) is -0.251. The molecule has 0 unspecified atom stereocenters. The number of halogens is 1. The van der Waals surface area contributed by atoms with Crippen LogP contribution in [0.15, 0.2) is 17.7 Å². The molecule has 7 nitrogen and oxygen atoms in total. The van der Waals surface area contributed by atoms with E-state index in [1.165, 1.54) is 19.3 Å². The number of methoxy groups -OCH3 is 1. The maximum atomic E-state index is 12.5. The summed E-state index contributed by atoms with van der Waals surface area (Å²) in [6, 6.07) is 5.10. The second kappa shape index (κ2) is 10.00. The van der Waals surface area contributed by atoms with Crippen LogP contribution in [0.2, 0.25) is 5.02 Å². The molecule has 8 heteroatoms. The van der Waals surface area contributed by atoms with Crippen LogP contribution < -0.4 is 20.5 Å². The van der Waals surface area contributed by atoms with Crippen molar-refractivity contribution in [3.8, 4) is 17.6 Å². The van der Waals surface area contributed by atoms with Crippen molar-refractivity contribution >= 4 is 29.5 Å². The molecule has 0 bridgehead atoms. The lowest BCUT2D eigenvalue weighted by atomic mass is 9.86. The standard InChI is InChI=1S/C20H24ClN3O4/c1-12-5-3-4-6-16(12)24-20(26)14(10-22)7-13-8-15(21)19(17(9-13)27-2)28-11-18(23)25/h7-9,12,16H,3-6,11H2,1-2H3,(H2,23,25)(H,24,26)/b14-7+/t12-,16-/m0/s1. The zero-order valence-electron chi connectivity index (χ0n) is 16.0. The number of nitrogens with one attached hydrogen (secondary N) is 1. The number of ether oxygens (including phenoxy) is 2. The minimum atomic E-state index is -0.650. The lowest BCUT2D eigenvalue weighted by molar-refractivity contribution is -0.120. The fourth-order valence-electron chi connectivity index (χ4n) is 3.20. The number of nitrogens with two attached hydrogens (primary N) is 1. The summed E-state index contributed by atoms with van der Waals surface area (Å²) >= 11 is 6.21. The number of hydrogen-bond donors (Lipinski definition) is 2. The van der Waals surface area contributed by atoms with Gasteiger partial charge in [-0.15, -0.1) is 0 Å². The molecule has 0 spiro atoms. The molecule has 1 fully saturated rings.